The number of fused-ring (bicyclic) bond motifs is 3. The van der Waals surface area contributed by atoms with Gasteiger partial charge in [0.2, 0.25) is 0 Å². The van der Waals surface area contributed by atoms with Crippen LogP contribution in [0.2, 0.25) is 0 Å². The summed E-state index contributed by atoms with van der Waals surface area (Å²) in [6.45, 7) is 0. The lowest BCUT2D eigenvalue weighted by atomic mass is 9.91. The molecule has 0 heteroatoms. The Morgan fingerprint density at radius 1 is 0.258 bits per heavy atom. The molecule has 0 unspecified atom stereocenters. The van der Waals surface area contributed by atoms with Gasteiger partial charge in [0.25, 0.3) is 0 Å². The highest BCUT2D eigenvalue weighted by molar-refractivity contribution is 6.04. The summed E-state index contributed by atoms with van der Waals surface area (Å²) in [5.74, 6) is 0. The summed E-state index contributed by atoms with van der Waals surface area (Å²) in [7, 11) is 0. The first kappa shape index (κ1) is 38.2. The Balaban J connectivity index is 0.912. The molecule has 0 aliphatic rings. The Morgan fingerprint density at radius 2 is 0.645 bits per heavy atom. The minimum Gasteiger partial charge on any atom is -0.0622 e. The van der Waals surface area contributed by atoms with Crippen LogP contribution in [0.1, 0.15) is 55.6 Å². The lowest BCUT2D eigenvalue weighted by molar-refractivity contribution is 1.57. The molecule has 0 saturated carbocycles. The van der Waals surface area contributed by atoms with Gasteiger partial charge >= 0.3 is 0 Å². The fourth-order valence-electron chi connectivity index (χ4n) is 8.51. The molecule has 0 nitrogen and oxygen atoms in total. The van der Waals surface area contributed by atoms with Crippen LogP contribution in [0.3, 0.4) is 0 Å². The first-order valence-corrected chi connectivity index (χ1v) is 21.3. The average molecular weight is 789 g/mol. The van der Waals surface area contributed by atoms with Gasteiger partial charge in [-0.2, -0.15) is 0 Å². The van der Waals surface area contributed by atoms with Crippen LogP contribution in [-0.4, -0.2) is 0 Å². The lowest BCUT2D eigenvalue weighted by Crippen LogP contribution is -1.90. The minimum atomic E-state index is 1.16. The normalized spacial score (nSPS) is 12.3. The largest absolute Gasteiger partial charge is 0.0622 e. The first-order valence-electron chi connectivity index (χ1n) is 21.3. The lowest BCUT2D eigenvalue weighted by Gasteiger charge is -2.12. The van der Waals surface area contributed by atoms with Crippen LogP contribution in [0.15, 0.2) is 231 Å². The van der Waals surface area contributed by atoms with E-state index in [1.807, 2.05) is 0 Å². The van der Waals surface area contributed by atoms with E-state index in [1.54, 1.807) is 0 Å². The van der Waals surface area contributed by atoms with Crippen LogP contribution in [-0.2, 0) is 0 Å². The summed E-state index contributed by atoms with van der Waals surface area (Å²) in [5, 5.41) is 7.45. The van der Waals surface area contributed by atoms with Crippen molar-refractivity contribution in [2.45, 2.75) is 0 Å². The maximum absolute atomic E-state index is 2.31. The molecule has 0 saturated heterocycles. The van der Waals surface area contributed by atoms with E-state index in [2.05, 4.69) is 267 Å². The van der Waals surface area contributed by atoms with Gasteiger partial charge in [-0.1, -0.05) is 243 Å². The van der Waals surface area contributed by atoms with Crippen molar-refractivity contribution in [3.05, 3.63) is 286 Å². The summed E-state index contributed by atoms with van der Waals surface area (Å²) in [6.07, 6.45) is 13.5. The van der Waals surface area contributed by atoms with Crippen molar-refractivity contribution in [1.82, 2.24) is 0 Å². The van der Waals surface area contributed by atoms with Gasteiger partial charge in [-0.15, -0.1) is 0 Å². The van der Waals surface area contributed by atoms with Gasteiger partial charge in [0.05, 0.1) is 0 Å². The summed E-state index contributed by atoms with van der Waals surface area (Å²) >= 11 is 0. The smallest absolute Gasteiger partial charge is 0.00992 e. The molecule has 0 amide bonds. The van der Waals surface area contributed by atoms with E-state index in [9.17, 15) is 0 Å². The molecule has 10 aromatic carbocycles. The molecule has 0 aliphatic heterocycles. The number of rotatable bonds is 10. The van der Waals surface area contributed by atoms with E-state index >= 15 is 0 Å². The second-order valence-electron chi connectivity index (χ2n) is 15.7. The SMILES string of the molecule is C(=C/c1cc(/C=C\c2ccc(/C=C(/c3ccccc3)c3cccc4ccccc34)cc2)c2ccccc2c1)/c1ccc(/C=C(/c2ccccc2)c2cccc3ccccc23)cc1. The van der Waals surface area contributed by atoms with Gasteiger partial charge < -0.3 is 0 Å². The van der Waals surface area contributed by atoms with Crippen LogP contribution in [0.4, 0.5) is 0 Å². The molecule has 10 rings (SSSR count). The van der Waals surface area contributed by atoms with Gasteiger partial charge in [0.15, 0.2) is 0 Å². The second-order valence-corrected chi connectivity index (χ2v) is 15.7. The van der Waals surface area contributed by atoms with Crippen molar-refractivity contribution in [3.63, 3.8) is 0 Å². The van der Waals surface area contributed by atoms with Gasteiger partial charge in [0.1, 0.15) is 0 Å². The zero-order valence-electron chi connectivity index (χ0n) is 34.4. The Labute approximate surface area is 364 Å². The highest BCUT2D eigenvalue weighted by Crippen LogP contribution is 2.34. The molecule has 0 fully saturated rings. The third-order valence-corrected chi connectivity index (χ3v) is 11.7. The van der Waals surface area contributed by atoms with E-state index in [1.165, 1.54) is 71.3 Å². The van der Waals surface area contributed by atoms with E-state index < -0.39 is 0 Å². The van der Waals surface area contributed by atoms with Gasteiger partial charge in [-0.05, 0) is 123 Å². The van der Waals surface area contributed by atoms with Crippen LogP contribution in [0, 0.1) is 0 Å². The average Bonchev–Trinajstić information content (AvgIpc) is 3.34. The topological polar surface area (TPSA) is 0 Å². The van der Waals surface area contributed by atoms with E-state index in [-0.39, 0.29) is 0 Å². The zero-order chi connectivity index (χ0) is 41.5. The predicted octanol–water partition coefficient (Wildman–Crippen LogP) is 16.7. The van der Waals surface area contributed by atoms with Gasteiger partial charge in [-0.3, -0.25) is 0 Å². The Kier molecular flexibility index (Phi) is 10.9. The van der Waals surface area contributed by atoms with Crippen molar-refractivity contribution in [2.24, 2.45) is 0 Å². The molecule has 0 N–H and O–H groups in total. The van der Waals surface area contributed by atoms with Crippen molar-refractivity contribution in [1.29, 1.82) is 0 Å². The highest BCUT2D eigenvalue weighted by atomic mass is 14.1. The molecule has 10 aromatic rings. The molecule has 0 spiro atoms. The summed E-state index contributed by atoms with van der Waals surface area (Å²) in [5.41, 5.74) is 14.3. The third kappa shape index (κ3) is 8.36. The van der Waals surface area contributed by atoms with Crippen molar-refractivity contribution in [2.75, 3.05) is 0 Å². The standard InChI is InChI=1S/C62H44/c1-3-15-52(16-4-1)61(59-27-13-22-50-19-7-11-25-57(50)59)43-47-34-29-45(30-35-47)33-38-49-41-54-21-9-10-24-56(54)55(42-49)40-39-46-31-36-48(37-32-46)44-62(53-17-5-2-6-18-53)60-28-14-23-51-20-8-12-26-58(51)60/h1-44H/b38-33-,40-39-,61-43-,62-44-. The van der Waals surface area contributed by atoms with E-state index in [0.717, 1.165) is 27.8 Å². The Bertz CT molecular complexity index is 3280. The van der Waals surface area contributed by atoms with Gasteiger partial charge in [0, 0.05) is 0 Å². The number of hydrogen-bond acceptors (Lipinski definition) is 0. The van der Waals surface area contributed by atoms with Crippen molar-refractivity contribution in [3.8, 4) is 0 Å². The van der Waals surface area contributed by atoms with Crippen LogP contribution in [0.5, 0.6) is 0 Å². The molecule has 0 aromatic heterocycles. The fourth-order valence-corrected chi connectivity index (χ4v) is 8.51. The minimum absolute atomic E-state index is 1.16. The molecule has 0 radical (unpaired) electrons. The summed E-state index contributed by atoms with van der Waals surface area (Å²) in [4.78, 5) is 0. The molecule has 0 bridgehead atoms. The van der Waals surface area contributed by atoms with E-state index in [0.29, 0.717) is 0 Å². The molecule has 0 atom stereocenters. The number of benzene rings is 10. The summed E-state index contributed by atoms with van der Waals surface area (Å²) < 4.78 is 0. The zero-order valence-corrected chi connectivity index (χ0v) is 34.4. The predicted molar refractivity (Wildman–Crippen MR) is 269 cm³/mol. The Hall–Kier alpha value is -8.06. The fraction of sp³-hybridized carbons (Fsp3) is 0. The Morgan fingerprint density at radius 3 is 1.16 bits per heavy atom. The second kappa shape index (κ2) is 17.7. The van der Waals surface area contributed by atoms with Crippen molar-refractivity contribution < 1.29 is 0 Å². The molecular weight excluding hydrogens is 745 g/mol. The first-order chi connectivity index (χ1) is 30.7. The number of hydrogen-bond donors (Lipinski definition) is 0. The van der Waals surface area contributed by atoms with Crippen LogP contribution >= 0.6 is 0 Å². The maximum Gasteiger partial charge on any atom is -0.00992 e. The van der Waals surface area contributed by atoms with Crippen LogP contribution in [0.25, 0.3) is 79.9 Å². The van der Waals surface area contributed by atoms with Crippen molar-refractivity contribution >= 4 is 79.9 Å². The third-order valence-electron chi connectivity index (χ3n) is 11.7. The molecule has 0 aliphatic carbocycles. The highest BCUT2D eigenvalue weighted by Gasteiger charge is 2.11. The quantitative estimate of drug-likeness (QED) is 0.121. The van der Waals surface area contributed by atoms with Crippen LogP contribution < -0.4 is 0 Å². The summed E-state index contributed by atoms with van der Waals surface area (Å²) in [6, 6.07) is 82.7. The van der Waals surface area contributed by atoms with E-state index in [4.69, 9.17) is 0 Å². The molecule has 292 valence electrons. The monoisotopic (exact) mass is 788 g/mol. The molecular formula is C62H44. The molecule has 62 heavy (non-hydrogen) atoms. The molecule has 0 heterocycles. The van der Waals surface area contributed by atoms with Gasteiger partial charge in [-0.25, -0.2) is 0 Å². The maximum atomic E-state index is 2.31.